The number of ether oxygens (including phenoxy) is 1. The molecule has 0 aliphatic carbocycles. The highest BCUT2D eigenvalue weighted by molar-refractivity contribution is 5.27. The van der Waals surface area contributed by atoms with E-state index in [-0.39, 0.29) is 6.61 Å². The van der Waals surface area contributed by atoms with Crippen molar-refractivity contribution in [2.75, 3.05) is 13.2 Å². The highest BCUT2D eigenvalue weighted by atomic mass is 19.1. The summed E-state index contributed by atoms with van der Waals surface area (Å²) in [5, 5.41) is 0. The topological polar surface area (TPSA) is 9.23 Å². The average Bonchev–Trinajstić information content (AvgIpc) is 2.57. The number of alkyl halides is 1. The van der Waals surface area contributed by atoms with E-state index in [1.54, 1.807) is 0 Å². The van der Waals surface area contributed by atoms with Gasteiger partial charge in [-0.3, -0.25) is 0 Å². The van der Waals surface area contributed by atoms with Crippen molar-refractivity contribution in [2.45, 2.75) is 25.4 Å². The van der Waals surface area contributed by atoms with E-state index < -0.39 is 5.67 Å². The van der Waals surface area contributed by atoms with Crippen molar-refractivity contribution in [3.05, 3.63) is 35.4 Å². The van der Waals surface area contributed by atoms with Gasteiger partial charge in [0.1, 0.15) is 5.67 Å². The Morgan fingerprint density at radius 3 is 2.86 bits per heavy atom. The lowest BCUT2D eigenvalue weighted by atomic mass is 9.93. The zero-order valence-electron chi connectivity index (χ0n) is 8.42. The second-order valence-electron chi connectivity index (χ2n) is 4.06. The molecular weight excluding hydrogens is 179 g/mol. The summed E-state index contributed by atoms with van der Waals surface area (Å²) < 4.78 is 19.2. The number of halogens is 1. The fourth-order valence-electron chi connectivity index (χ4n) is 1.87. The minimum atomic E-state index is -1.13. The molecule has 14 heavy (non-hydrogen) atoms. The van der Waals surface area contributed by atoms with E-state index in [0.29, 0.717) is 19.4 Å². The maximum absolute atomic E-state index is 14.1. The zero-order chi connectivity index (χ0) is 10.0. The Hall–Kier alpha value is -0.890. The van der Waals surface area contributed by atoms with Crippen LogP contribution in [0.15, 0.2) is 24.3 Å². The van der Waals surface area contributed by atoms with Crippen LogP contribution in [0.25, 0.3) is 0 Å². The first-order valence-corrected chi connectivity index (χ1v) is 5.01. The van der Waals surface area contributed by atoms with E-state index in [0.717, 1.165) is 11.1 Å². The second-order valence-corrected chi connectivity index (χ2v) is 4.06. The summed E-state index contributed by atoms with van der Waals surface area (Å²) in [5.74, 6) is 0. The summed E-state index contributed by atoms with van der Waals surface area (Å²) >= 11 is 0. The molecule has 1 aliphatic heterocycles. The molecule has 1 aromatic rings. The molecule has 0 N–H and O–H groups in total. The van der Waals surface area contributed by atoms with Crippen molar-refractivity contribution < 1.29 is 9.13 Å². The summed E-state index contributed by atoms with van der Waals surface area (Å²) in [6.45, 7) is 2.83. The van der Waals surface area contributed by atoms with E-state index in [4.69, 9.17) is 4.74 Å². The van der Waals surface area contributed by atoms with Crippen LogP contribution >= 0.6 is 0 Å². The predicted octanol–water partition coefficient (Wildman–Crippen LogP) is 2.67. The largest absolute Gasteiger partial charge is 0.378 e. The lowest BCUT2D eigenvalue weighted by Crippen LogP contribution is -2.26. The molecule has 76 valence electrons. The van der Waals surface area contributed by atoms with E-state index >= 15 is 0 Å². The molecule has 1 nitrogen and oxygen atoms in total. The molecule has 2 heteroatoms. The van der Waals surface area contributed by atoms with Crippen molar-refractivity contribution in [3.8, 4) is 0 Å². The van der Waals surface area contributed by atoms with Crippen molar-refractivity contribution in [1.82, 2.24) is 0 Å². The Kier molecular flexibility index (Phi) is 2.55. The molecule has 1 atom stereocenters. The molecule has 0 saturated carbocycles. The summed E-state index contributed by atoms with van der Waals surface area (Å²) in [5.41, 5.74) is 1.13. The Bertz CT molecular complexity index is 316. The monoisotopic (exact) mass is 194 g/mol. The number of hydrogen-bond acceptors (Lipinski definition) is 1. The van der Waals surface area contributed by atoms with Gasteiger partial charge in [-0.2, -0.15) is 0 Å². The molecule has 0 radical (unpaired) electrons. The molecule has 1 unspecified atom stereocenters. The van der Waals surface area contributed by atoms with Gasteiger partial charge in [-0.1, -0.05) is 24.3 Å². The van der Waals surface area contributed by atoms with Gasteiger partial charge in [-0.25, -0.2) is 4.39 Å². The van der Waals surface area contributed by atoms with E-state index in [2.05, 4.69) is 0 Å². The smallest absolute Gasteiger partial charge is 0.140 e. The van der Waals surface area contributed by atoms with Crippen LogP contribution in [0.3, 0.4) is 0 Å². The molecule has 1 heterocycles. The van der Waals surface area contributed by atoms with Gasteiger partial charge in [-0.15, -0.1) is 0 Å². The van der Waals surface area contributed by atoms with Gasteiger partial charge in [0.2, 0.25) is 0 Å². The van der Waals surface area contributed by atoms with Crippen LogP contribution in [0.5, 0.6) is 0 Å². The fraction of sp³-hybridized carbons (Fsp3) is 0.500. The van der Waals surface area contributed by atoms with E-state index in [9.17, 15) is 4.39 Å². The zero-order valence-corrected chi connectivity index (χ0v) is 8.42. The second kappa shape index (κ2) is 3.70. The van der Waals surface area contributed by atoms with Gasteiger partial charge in [0.05, 0.1) is 6.61 Å². The number of hydrogen-bond donors (Lipinski definition) is 0. The molecule has 0 aromatic heterocycles. The molecule has 2 rings (SSSR count). The summed E-state index contributed by atoms with van der Waals surface area (Å²) in [7, 11) is 0. The Morgan fingerprint density at radius 2 is 2.21 bits per heavy atom. The van der Waals surface area contributed by atoms with Crippen molar-refractivity contribution in [2.24, 2.45) is 0 Å². The van der Waals surface area contributed by atoms with Crippen LogP contribution in [0.4, 0.5) is 4.39 Å². The molecule has 1 saturated heterocycles. The first-order chi connectivity index (χ1) is 6.70. The maximum atomic E-state index is 14.1. The lowest BCUT2D eigenvalue weighted by molar-refractivity contribution is 0.112. The standard InChI is InChI=1S/C12H15FO/c1-10-4-2-3-5-11(10)8-12(13)6-7-14-9-12/h2-5H,6-9H2,1H3. The summed E-state index contributed by atoms with van der Waals surface area (Å²) in [4.78, 5) is 0. The fourth-order valence-corrected chi connectivity index (χ4v) is 1.87. The van der Waals surface area contributed by atoms with Gasteiger partial charge in [-0.05, 0) is 18.1 Å². The van der Waals surface area contributed by atoms with Crippen molar-refractivity contribution in [3.63, 3.8) is 0 Å². The third-order valence-corrected chi connectivity index (χ3v) is 2.82. The molecule has 1 aliphatic rings. The van der Waals surface area contributed by atoms with Gasteiger partial charge in [0, 0.05) is 19.4 Å². The lowest BCUT2D eigenvalue weighted by Gasteiger charge is -2.18. The molecule has 0 amide bonds. The van der Waals surface area contributed by atoms with Crippen LogP contribution in [0, 0.1) is 6.92 Å². The highest BCUT2D eigenvalue weighted by Gasteiger charge is 2.35. The minimum Gasteiger partial charge on any atom is -0.378 e. The average molecular weight is 194 g/mol. The van der Waals surface area contributed by atoms with E-state index in [1.807, 2.05) is 31.2 Å². The van der Waals surface area contributed by atoms with E-state index in [1.165, 1.54) is 0 Å². The molecular formula is C12H15FO. The van der Waals surface area contributed by atoms with Gasteiger partial charge >= 0.3 is 0 Å². The van der Waals surface area contributed by atoms with Crippen LogP contribution in [-0.4, -0.2) is 18.9 Å². The SMILES string of the molecule is Cc1ccccc1CC1(F)CCOC1. The van der Waals surface area contributed by atoms with Crippen LogP contribution in [0.2, 0.25) is 0 Å². The quantitative estimate of drug-likeness (QED) is 0.703. The first-order valence-electron chi connectivity index (χ1n) is 5.01. The van der Waals surface area contributed by atoms with Gasteiger partial charge in [0.25, 0.3) is 0 Å². The number of aryl methyl sites for hydroxylation is 1. The van der Waals surface area contributed by atoms with Crippen molar-refractivity contribution in [1.29, 1.82) is 0 Å². The van der Waals surface area contributed by atoms with Gasteiger partial charge < -0.3 is 4.74 Å². The summed E-state index contributed by atoms with van der Waals surface area (Å²) in [6.07, 6.45) is 1.01. The predicted molar refractivity (Wildman–Crippen MR) is 54.2 cm³/mol. The third kappa shape index (κ3) is 1.95. The molecule has 1 fully saturated rings. The van der Waals surface area contributed by atoms with Crippen molar-refractivity contribution >= 4 is 0 Å². The van der Waals surface area contributed by atoms with Gasteiger partial charge in [0.15, 0.2) is 0 Å². The minimum absolute atomic E-state index is 0.251. The molecule has 0 spiro atoms. The molecule has 1 aromatic carbocycles. The third-order valence-electron chi connectivity index (χ3n) is 2.82. The Balaban J connectivity index is 2.14. The van der Waals surface area contributed by atoms with Crippen LogP contribution in [-0.2, 0) is 11.2 Å². The molecule has 0 bridgehead atoms. The Morgan fingerprint density at radius 1 is 1.43 bits per heavy atom. The summed E-state index contributed by atoms with van der Waals surface area (Å²) in [6, 6.07) is 7.96. The van der Waals surface area contributed by atoms with Crippen LogP contribution in [0.1, 0.15) is 17.5 Å². The first kappa shape index (κ1) is 9.66. The Labute approximate surface area is 83.9 Å². The number of rotatable bonds is 2. The normalized spacial score (nSPS) is 26.7. The number of benzene rings is 1. The maximum Gasteiger partial charge on any atom is 0.140 e. The highest BCUT2D eigenvalue weighted by Crippen LogP contribution is 2.28. The van der Waals surface area contributed by atoms with Crippen LogP contribution < -0.4 is 0 Å².